The molecule has 0 bridgehead atoms. The van der Waals surface area contributed by atoms with Crippen LogP contribution in [-0.4, -0.2) is 33.0 Å². The van der Waals surface area contributed by atoms with Gasteiger partial charge < -0.3 is 5.11 Å². The number of hydrogen-bond acceptors (Lipinski definition) is 4. The molecule has 5 heteroatoms. The molecule has 112 valence electrons. The zero-order valence-electron chi connectivity index (χ0n) is 12.7. The fourth-order valence-electron chi connectivity index (χ4n) is 2.93. The first kappa shape index (κ1) is 15.4. The number of aromatic nitrogens is 1. The minimum atomic E-state index is -0.850. The molecule has 2 atom stereocenters. The summed E-state index contributed by atoms with van der Waals surface area (Å²) in [5.74, 6) is -0.695. The van der Waals surface area contributed by atoms with Gasteiger partial charge in [0, 0.05) is 12.1 Å². The standard InChI is InChI=1S/C15H24N2O2S/c1-9(2)13-14(15(18)19)20-12(16-13)8-17-10(3)6-5-7-11(17)4/h9-11H,5-8H2,1-4H3,(H,18,19). The lowest BCUT2D eigenvalue weighted by Gasteiger charge is -2.38. The zero-order valence-corrected chi connectivity index (χ0v) is 13.5. The fraction of sp³-hybridized carbons (Fsp3) is 0.733. The summed E-state index contributed by atoms with van der Waals surface area (Å²) in [6.07, 6.45) is 3.73. The Morgan fingerprint density at radius 3 is 2.45 bits per heavy atom. The predicted octanol–water partition coefficient (Wildman–Crippen LogP) is 3.73. The Hall–Kier alpha value is -0.940. The second-order valence-corrected chi connectivity index (χ2v) is 7.17. The number of nitrogens with zero attached hydrogens (tertiary/aromatic N) is 2. The minimum Gasteiger partial charge on any atom is -0.477 e. The number of hydrogen-bond donors (Lipinski definition) is 1. The van der Waals surface area contributed by atoms with E-state index >= 15 is 0 Å². The highest BCUT2D eigenvalue weighted by atomic mass is 32.1. The maximum absolute atomic E-state index is 11.3. The highest BCUT2D eigenvalue weighted by molar-refractivity contribution is 7.13. The van der Waals surface area contributed by atoms with E-state index in [0.717, 1.165) is 17.2 Å². The first-order chi connectivity index (χ1) is 9.40. The van der Waals surface area contributed by atoms with Crippen LogP contribution < -0.4 is 0 Å². The van der Waals surface area contributed by atoms with Crippen LogP contribution in [0.3, 0.4) is 0 Å². The molecule has 20 heavy (non-hydrogen) atoms. The van der Waals surface area contributed by atoms with Crippen LogP contribution in [0.5, 0.6) is 0 Å². The molecule has 1 aromatic rings. The summed E-state index contributed by atoms with van der Waals surface area (Å²) >= 11 is 1.34. The van der Waals surface area contributed by atoms with Gasteiger partial charge in [0.25, 0.3) is 0 Å². The lowest BCUT2D eigenvalue weighted by molar-refractivity contribution is 0.0700. The molecule has 2 unspecified atom stereocenters. The molecule has 1 aliphatic rings. The molecule has 1 aliphatic heterocycles. The van der Waals surface area contributed by atoms with Crippen LogP contribution in [0.2, 0.25) is 0 Å². The molecule has 0 saturated carbocycles. The van der Waals surface area contributed by atoms with Gasteiger partial charge in [-0.25, -0.2) is 9.78 Å². The molecule has 0 aromatic carbocycles. The van der Waals surface area contributed by atoms with Crippen LogP contribution in [0, 0.1) is 0 Å². The molecule has 0 spiro atoms. The van der Waals surface area contributed by atoms with E-state index in [1.54, 1.807) is 0 Å². The number of rotatable bonds is 4. The molecule has 4 nitrogen and oxygen atoms in total. The average Bonchev–Trinajstić information content (AvgIpc) is 2.78. The second-order valence-electron chi connectivity index (χ2n) is 6.08. The average molecular weight is 296 g/mol. The molecule has 0 aliphatic carbocycles. The normalized spacial score (nSPS) is 24.2. The van der Waals surface area contributed by atoms with Crippen molar-refractivity contribution in [2.24, 2.45) is 0 Å². The molecular formula is C15H24N2O2S. The fourth-order valence-corrected chi connectivity index (χ4v) is 4.00. The number of carboxylic acid groups (broad SMARTS) is 1. The van der Waals surface area contributed by atoms with Crippen LogP contribution in [0.4, 0.5) is 0 Å². The Labute approximate surface area is 124 Å². The van der Waals surface area contributed by atoms with Gasteiger partial charge in [-0.05, 0) is 32.6 Å². The molecule has 2 heterocycles. The summed E-state index contributed by atoms with van der Waals surface area (Å²) in [5, 5.41) is 10.2. The monoisotopic (exact) mass is 296 g/mol. The van der Waals surface area contributed by atoms with E-state index in [4.69, 9.17) is 0 Å². The number of piperidine rings is 1. The maximum atomic E-state index is 11.3. The molecule has 2 rings (SSSR count). The highest BCUT2D eigenvalue weighted by Gasteiger charge is 2.27. The van der Waals surface area contributed by atoms with Crippen molar-refractivity contribution in [3.63, 3.8) is 0 Å². The third-order valence-electron chi connectivity index (χ3n) is 4.13. The van der Waals surface area contributed by atoms with Crippen molar-refractivity contribution in [1.82, 2.24) is 9.88 Å². The van der Waals surface area contributed by atoms with Crippen molar-refractivity contribution in [1.29, 1.82) is 0 Å². The first-order valence-electron chi connectivity index (χ1n) is 7.38. The van der Waals surface area contributed by atoms with Gasteiger partial charge in [-0.1, -0.05) is 20.3 Å². The summed E-state index contributed by atoms with van der Waals surface area (Å²) in [6, 6.07) is 1.11. The molecule has 0 amide bonds. The number of aromatic carboxylic acids is 1. The Balaban J connectivity index is 2.21. The van der Waals surface area contributed by atoms with Gasteiger partial charge in [-0.3, -0.25) is 4.90 Å². The Morgan fingerprint density at radius 1 is 1.40 bits per heavy atom. The van der Waals surface area contributed by atoms with Gasteiger partial charge in [-0.2, -0.15) is 0 Å². The molecule has 1 fully saturated rings. The molecular weight excluding hydrogens is 272 g/mol. The van der Waals surface area contributed by atoms with Gasteiger partial charge in [0.05, 0.1) is 12.2 Å². The summed E-state index contributed by atoms with van der Waals surface area (Å²) in [7, 11) is 0. The van der Waals surface area contributed by atoms with Crippen molar-refractivity contribution in [3.8, 4) is 0 Å². The van der Waals surface area contributed by atoms with Crippen molar-refractivity contribution in [2.45, 2.75) is 71.5 Å². The maximum Gasteiger partial charge on any atom is 0.347 e. The van der Waals surface area contributed by atoms with Crippen molar-refractivity contribution < 1.29 is 9.90 Å². The van der Waals surface area contributed by atoms with Crippen LogP contribution in [-0.2, 0) is 6.54 Å². The molecule has 1 saturated heterocycles. The predicted molar refractivity (Wildman–Crippen MR) is 81.5 cm³/mol. The van der Waals surface area contributed by atoms with Gasteiger partial charge in [0.2, 0.25) is 0 Å². The largest absolute Gasteiger partial charge is 0.477 e. The Bertz CT molecular complexity index is 474. The quantitative estimate of drug-likeness (QED) is 0.920. The van der Waals surface area contributed by atoms with E-state index in [-0.39, 0.29) is 5.92 Å². The molecule has 1 aromatic heterocycles. The number of carbonyl (C=O) groups is 1. The van der Waals surface area contributed by atoms with Crippen LogP contribution in [0.1, 0.15) is 73.2 Å². The van der Waals surface area contributed by atoms with E-state index in [1.165, 1.54) is 30.6 Å². The second kappa shape index (κ2) is 6.22. The highest BCUT2D eigenvalue weighted by Crippen LogP contribution is 2.29. The first-order valence-corrected chi connectivity index (χ1v) is 8.20. The van der Waals surface area contributed by atoms with E-state index in [9.17, 15) is 9.90 Å². The van der Waals surface area contributed by atoms with E-state index < -0.39 is 5.97 Å². The summed E-state index contributed by atoms with van der Waals surface area (Å²) in [5.41, 5.74) is 0.731. The SMILES string of the molecule is CC(C)c1nc(CN2C(C)CCCC2C)sc1C(=O)O. The van der Waals surface area contributed by atoms with Crippen molar-refractivity contribution >= 4 is 17.3 Å². The minimum absolute atomic E-state index is 0.155. The Morgan fingerprint density at radius 2 is 2.00 bits per heavy atom. The lowest BCUT2D eigenvalue weighted by Crippen LogP contribution is -2.42. The van der Waals surface area contributed by atoms with Gasteiger partial charge in [0.1, 0.15) is 9.88 Å². The van der Waals surface area contributed by atoms with Crippen molar-refractivity contribution in [3.05, 3.63) is 15.6 Å². The van der Waals surface area contributed by atoms with Gasteiger partial charge >= 0.3 is 5.97 Å². The lowest BCUT2D eigenvalue weighted by atomic mass is 9.98. The smallest absolute Gasteiger partial charge is 0.347 e. The molecule has 0 radical (unpaired) electrons. The van der Waals surface area contributed by atoms with E-state index in [0.29, 0.717) is 17.0 Å². The van der Waals surface area contributed by atoms with Crippen LogP contribution >= 0.6 is 11.3 Å². The van der Waals surface area contributed by atoms with Gasteiger partial charge in [0.15, 0.2) is 0 Å². The van der Waals surface area contributed by atoms with Crippen LogP contribution in [0.25, 0.3) is 0 Å². The topological polar surface area (TPSA) is 53.4 Å². The summed E-state index contributed by atoms with van der Waals surface area (Å²) in [4.78, 5) is 18.8. The summed E-state index contributed by atoms with van der Waals surface area (Å²) in [6.45, 7) is 9.28. The van der Waals surface area contributed by atoms with Crippen molar-refractivity contribution in [2.75, 3.05) is 0 Å². The van der Waals surface area contributed by atoms with E-state index in [1.807, 2.05) is 13.8 Å². The zero-order chi connectivity index (χ0) is 14.9. The third kappa shape index (κ3) is 3.20. The van der Waals surface area contributed by atoms with E-state index in [2.05, 4.69) is 23.7 Å². The molecule has 1 N–H and O–H groups in total. The number of likely N-dealkylation sites (tertiary alicyclic amines) is 1. The Kier molecular flexibility index (Phi) is 4.81. The number of thiazole rings is 1. The van der Waals surface area contributed by atoms with Crippen LogP contribution in [0.15, 0.2) is 0 Å². The summed E-state index contributed by atoms with van der Waals surface area (Å²) < 4.78 is 0. The number of carboxylic acids is 1. The van der Waals surface area contributed by atoms with Gasteiger partial charge in [-0.15, -0.1) is 11.3 Å². The third-order valence-corrected chi connectivity index (χ3v) is 5.18.